The summed E-state index contributed by atoms with van der Waals surface area (Å²) in [5, 5.41) is 7.15. The van der Waals surface area contributed by atoms with E-state index in [9.17, 15) is 14.0 Å². The maximum atomic E-state index is 13.7. The van der Waals surface area contributed by atoms with Gasteiger partial charge in [0.15, 0.2) is 0 Å². The molecular formula is C19H24FN5O2. The molecule has 1 fully saturated rings. The molecule has 2 heterocycles. The van der Waals surface area contributed by atoms with Crippen molar-refractivity contribution in [2.45, 2.75) is 13.0 Å². The second-order valence-electron chi connectivity index (χ2n) is 6.75. The minimum absolute atomic E-state index is 0.0426. The Bertz CT molecular complexity index is 842. The minimum Gasteiger partial charge on any atom is -0.337 e. The van der Waals surface area contributed by atoms with Gasteiger partial charge in [-0.15, -0.1) is 0 Å². The second-order valence-corrected chi connectivity index (χ2v) is 6.75. The topological polar surface area (TPSA) is 70.5 Å². The molecule has 1 saturated heterocycles. The van der Waals surface area contributed by atoms with E-state index >= 15 is 0 Å². The van der Waals surface area contributed by atoms with Gasteiger partial charge in [0.1, 0.15) is 11.9 Å². The fourth-order valence-corrected chi connectivity index (χ4v) is 3.24. The third-order valence-electron chi connectivity index (χ3n) is 4.89. The smallest absolute Gasteiger partial charge is 0.254 e. The Labute approximate surface area is 157 Å². The summed E-state index contributed by atoms with van der Waals surface area (Å²) in [6.45, 7) is 3.39. The van der Waals surface area contributed by atoms with E-state index in [1.54, 1.807) is 53.8 Å². The van der Waals surface area contributed by atoms with Crippen LogP contribution < -0.4 is 5.32 Å². The second kappa shape index (κ2) is 7.87. The van der Waals surface area contributed by atoms with E-state index in [4.69, 9.17) is 0 Å². The highest BCUT2D eigenvalue weighted by Crippen LogP contribution is 2.18. The summed E-state index contributed by atoms with van der Waals surface area (Å²) in [5.74, 6) is -0.639. The van der Waals surface area contributed by atoms with Crippen LogP contribution in [0.5, 0.6) is 0 Å². The van der Waals surface area contributed by atoms with Gasteiger partial charge in [-0.1, -0.05) is 6.07 Å². The highest BCUT2D eigenvalue weighted by Gasteiger charge is 2.30. The van der Waals surface area contributed by atoms with Gasteiger partial charge in [0.2, 0.25) is 5.91 Å². The van der Waals surface area contributed by atoms with E-state index in [1.165, 1.54) is 6.07 Å². The van der Waals surface area contributed by atoms with Gasteiger partial charge >= 0.3 is 0 Å². The van der Waals surface area contributed by atoms with E-state index in [0.717, 1.165) is 5.56 Å². The van der Waals surface area contributed by atoms with Crippen LogP contribution in [0.15, 0.2) is 30.6 Å². The molecule has 27 heavy (non-hydrogen) atoms. The molecule has 1 aliphatic heterocycles. The maximum Gasteiger partial charge on any atom is 0.254 e. The number of hydrogen-bond acceptors (Lipinski definition) is 4. The number of piperazine rings is 1. The number of nitrogens with one attached hydrogen (secondary N) is 1. The molecule has 144 valence electrons. The molecule has 0 saturated carbocycles. The predicted molar refractivity (Wildman–Crippen MR) is 98.6 cm³/mol. The zero-order chi connectivity index (χ0) is 19.6. The summed E-state index contributed by atoms with van der Waals surface area (Å²) in [4.78, 5) is 28.8. The van der Waals surface area contributed by atoms with Crippen LogP contribution >= 0.6 is 0 Å². The average Bonchev–Trinajstić information content (AvgIpc) is 3.10. The van der Waals surface area contributed by atoms with Gasteiger partial charge in [0.05, 0.1) is 6.20 Å². The molecule has 1 atom stereocenters. The molecule has 1 N–H and O–H groups in total. The van der Waals surface area contributed by atoms with Crippen molar-refractivity contribution in [3.63, 3.8) is 0 Å². The van der Waals surface area contributed by atoms with Crippen LogP contribution in [0.1, 0.15) is 27.5 Å². The summed E-state index contributed by atoms with van der Waals surface area (Å²) in [5.41, 5.74) is 1.65. The normalized spacial score (nSPS) is 15.7. The lowest BCUT2D eigenvalue weighted by Gasteiger charge is -2.36. The Morgan fingerprint density at radius 3 is 2.41 bits per heavy atom. The molecule has 0 radical (unpaired) electrons. The first-order chi connectivity index (χ1) is 12.9. The third kappa shape index (κ3) is 4.00. The van der Waals surface area contributed by atoms with Gasteiger partial charge in [-0.3, -0.25) is 14.3 Å². The van der Waals surface area contributed by atoms with Crippen molar-refractivity contribution >= 4 is 11.8 Å². The van der Waals surface area contributed by atoms with Crippen LogP contribution in [0.25, 0.3) is 0 Å². The largest absolute Gasteiger partial charge is 0.337 e. The number of benzene rings is 1. The number of carbonyl (C=O) groups is 2. The maximum absolute atomic E-state index is 13.7. The van der Waals surface area contributed by atoms with Crippen molar-refractivity contribution in [3.05, 3.63) is 53.1 Å². The Kier molecular flexibility index (Phi) is 5.55. The van der Waals surface area contributed by atoms with Crippen molar-refractivity contribution in [3.8, 4) is 0 Å². The number of nitrogens with zero attached hydrogens (tertiary/aromatic N) is 4. The summed E-state index contributed by atoms with van der Waals surface area (Å²) < 4.78 is 15.4. The van der Waals surface area contributed by atoms with E-state index in [2.05, 4.69) is 10.4 Å². The van der Waals surface area contributed by atoms with Gasteiger partial charge in [-0.2, -0.15) is 5.10 Å². The number of carbonyl (C=O) groups excluding carboxylic acids is 2. The van der Waals surface area contributed by atoms with Crippen molar-refractivity contribution in [2.75, 3.05) is 33.2 Å². The Morgan fingerprint density at radius 2 is 1.85 bits per heavy atom. The number of aryl methyl sites for hydroxylation is 2. The Hall–Kier alpha value is -2.74. The van der Waals surface area contributed by atoms with Crippen molar-refractivity contribution < 1.29 is 14.0 Å². The van der Waals surface area contributed by atoms with Gasteiger partial charge in [-0.25, -0.2) is 4.39 Å². The Balaban J connectivity index is 1.63. The lowest BCUT2D eigenvalue weighted by molar-refractivity contribution is -0.135. The number of aromatic nitrogens is 2. The van der Waals surface area contributed by atoms with Crippen LogP contribution in [-0.4, -0.2) is 64.6 Å². The van der Waals surface area contributed by atoms with Crippen LogP contribution in [0.3, 0.4) is 0 Å². The summed E-state index contributed by atoms with van der Waals surface area (Å²) in [6, 6.07) is 4.05. The first kappa shape index (κ1) is 19.0. The molecule has 0 spiro atoms. The number of likely N-dealkylation sites (N-methyl/N-ethyl adjacent to an activating group) is 1. The lowest BCUT2D eigenvalue weighted by atomic mass is 10.1. The van der Waals surface area contributed by atoms with Crippen molar-refractivity contribution in [1.29, 1.82) is 0 Å². The first-order valence-electron chi connectivity index (χ1n) is 8.90. The summed E-state index contributed by atoms with van der Waals surface area (Å²) in [7, 11) is 3.54. The predicted octanol–water partition coefficient (Wildman–Crippen LogP) is 1.11. The number of hydrogen-bond donors (Lipinski definition) is 1. The molecule has 8 heteroatoms. The average molecular weight is 373 g/mol. The van der Waals surface area contributed by atoms with Crippen LogP contribution in [-0.2, 0) is 11.8 Å². The third-order valence-corrected chi connectivity index (χ3v) is 4.89. The minimum atomic E-state index is -0.466. The van der Waals surface area contributed by atoms with E-state index in [1.807, 2.05) is 6.20 Å². The molecule has 7 nitrogen and oxygen atoms in total. The van der Waals surface area contributed by atoms with E-state index < -0.39 is 6.04 Å². The van der Waals surface area contributed by atoms with Gasteiger partial charge in [0.25, 0.3) is 5.91 Å². The quantitative estimate of drug-likeness (QED) is 0.872. The zero-order valence-electron chi connectivity index (χ0n) is 15.8. The van der Waals surface area contributed by atoms with Crippen molar-refractivity contribution in [2.24, 2.45) is 7.05 Å². The van der Waals surface area contributed by atoms with Gasteiger partial charge in [-0.05, 0) is 31.7 Å². The van der Waals surface area contributed by atoms with E-state index in [-0.39, 0.29) is 17.6 Å². The Morgan fingerprint density at radius 1 is 1.19 bits per heavy atom. The zero-order valence-corrected chi connectivity index (χ0v) is 15.8. The SMILES string of the molecule is CNC(C(=O)N1CCN(C(=O)c2ccc(C)c(F)c2)CC1)c1cnn(C)c1. The van der Waals surface area contributed by atoms with E-state index in [0.29, 0.717) is 37.3 Å². The highest BCUT2D eigenvalue weighted by molar-refractivity contribution is 5.94. The number of amides is 2. The van der Waals surface area contributed by atoms with Crippen LogP contribution in [0, 0.1) is 12.7 Å². The first-order valence-corrected chi connectivity index (χ1v) is 8.90. The van der Waals surface area contributed by atoms with Gasteiger partial charge < -0.3 is 15.1 Å². The molecule has 1 unspecified atom stereocenters. The van der Waals surface area contributed by atoms with Crippen LogP contribution in [0.2, 0.25) is 0 Å². The highest BCUT2D eigenvalue weighted by atomic mass is 19.1. The summed E-state index contributed by atoms with van der Waals surface area (Å²) in [6.07, 6.45) is 3.48. The number of halogens is 1. The molecule has 2 aromatic rings. The standard InChI is InChI=1S/C19H24FN5O2/c1-13-4-5-14(10-16(13)20)18(26)24-6-8-25(9-7-24)19(27)17(21-2)15-11-22-23(3)12-15/h4-5,10-12,17,21H,6-9H2,1-3H3. The molecule has 2 amide bonds. The lowest BCUT2D eigenvalue weighted by Crippen LogP contribution is -2.52. The number of rotatable bonds is 4. The molecule has 1 aromatic carbocycles. The molecule has 0 bridgehead atoms. The molecule has 1 aliphatic rings. The van der Waals surface area contributed by atoms with Crippen molar-refractivity contribution in [1.82, 2.24) is 24.9 Å². The molecule has 3 rings (SSSR count). The fraction of sp³-hybridized carbons (Fsp3) is 0.421. The molecule has 1 aromatic heterocycles. The monoisotopic (exact) mass is 373 g/mol. The van der Waals surface area contributed by atoms with Gasteiger partial charge in [0, 0.05) is 50.6 Å². The summed E-state index contributed by atoms with van der Waals surface area (Å²) >= 11 is 0. The molecular weight excluding hydrogens is 349 g/mol. The van der Waals surface area contributed by atoms with Crippen LogP contribution in [0.4, 0.5) is 4.39 Å². The fourth-order valence-electron chi connectivity index (χ4n) is 3.24. The molecule has 0 aliphatic carbocycles.